The van der Waals surface area contributed by atoms with Gasteiger partial charge in [-0.1, -0.05) is 62.4 Å². The van der Waals surface area contributed by atoms with Gasteiger partial charge < -0.3 is 20.5 Å². The molecule has 0 saturated carbocycles. The molecule has 0 heterocycles. The van der Waals surface area contributed by atoms with Crippen molar-refractivity contribution in [3.8, 4) is 11.1 Å². The summed E-state index contributed by atoms with van der Waals surface area (Å²) in [7, 11) is 0. The lowest BCUT2D eigenvalue weighted by atomic mass is 9.98. The van der Waals surface area contributed by atoms with E-state index in [0.29, 0.717) is 6.42 Å². The van der Waals surface area contributed by atoms with Gasteiger partial charge in [0.05, 0.1) is 0 Å². The van der Waals surface area contributed by atoms with Crippen molar-refractivity contribution in [2.75, 3.05) is 6.61 Å². The first kappa shape index (κ1) is 23.3. The predicted molar refractivity (Wildman–Crippen MR) is 121 cm³/mol. The molecule has 0 unspecified atom stereocenters. The summed E-state index contributed by atoms with van der Waals surface area (Å²) in [5, 5.41) is 14.4. The van der Waals surface area contributed by atoms with Gasteiger partial charge in [-0.15, -0.1) is 0 Å². The minimum atomic E-state index is -1.45. The highest BCUT2D eigenvalue weighted by Gasteiger charge is 2.34. The van der Waals surface area contributed by atoms with Crippen LogP contribution < -0.4 is 10.6 Å². The number of ether oxygens (including phenoxy) is 1. The maximum atomic E-state index is 12.7. The molecule has 2 amide bonds. The van der Waals surface area contributed by atoms with E-state index >= 15 is 0 Å². The number of nitrogens with one attached hydrogen (secondary N) is 2. The van der Waals surface area contributed by atoms with Gasteiger partial charge in [-0.3, -0.25) is 4.79 Å². The number of carbonyl (C=O) groups excluding carboxylic acids is 2. The fraction of sp³-hybridized carbons (Fsp3) is 0.400. The van der Waals surface area contributed by atoms with Crippen molar-refractivity contribution in [3.63, 3.8) is 0 Å². The molecule has 0 aromatic heterocycles. The molecule has 7 heteroatoms. The van der Waals surface area contributed by atoms with Crippen LogP contribution in [0.2, 0.25) is 0 Å². The highest BCUT2D eigenvalue weighted by molar-refractivity contribution is 5.90. The first-order valence-corrected chi connectivity index (χ1v) is 10.8. The first-order chi connectivity index (χ1) is 15.1. The molecule has 0 spiro atoms. The molecule has 1 atom stereocenters. The normalized spacial score (nSPS) is 13.8. The third-order valence-electron chi connectivity index (χ3n) is 5.63. The van der Waals surface area contributed by atoms with Crippen molar-refractivity contribution in [3.05, 3.63) is 59.7 Å². The zero-order valence-corrected chi connectivity index (χ0v) is 18.8. The Kier molecular flexibility index (Phi) is 6.87. The van der Waals surface area contributed by atoms with E-state index in [9.17, 15) is 19.5 Å². The fourth-order valence-corrected chi connectivity index (χ4v) is 3.93. The molecule has 0 fully saturated rings. The van der Waals surface area contributed by atoms with Gasteiger partial charge in [0.25, 0.3) is 0 Å². The lowest BCUT2D eigenvalue weighted by Gasteiger charge is -2.26. The van der Waals surface area contributed by atoms with Gasteiger partial charge in [0.2, 0.25) is 5.91 Å². The quantitative estimate of drug-likeness (QED) is 0.579. The number of alkyl carbamates (subject to hydrolysis) is 1. The van der Waals surface area contributed by atoms with Crippen molar-refractivity contribution in [2.24, 2.45) is 5.92 Å². The number of amides is 2. The van der Waals surface area contributed by atoms with E-state index < -0.39 is 29.6 Å². The highest BCUT2D eigenvalue weighted by atomic mass is 16.5. The van der Waals surface area contributed by atoms with Gasteiger partial charge in [-0.2, -0.15) is 0 Å². The Morgan fingerprint density at radius 2 is 1.53 bits per heavy atom. The van der Waals surface area contributed by atoms with Gasteiger partial charge in [0, 0.05) is 5.92 Å². The third kappa shape index (κ3) is 5.10. The second-order valence-electron chi connectivity index (χ2n) is 9.07. The second kappa shape index (κ2) is 9.42. The van der Waals surface area contributed by atoms with Crippen LogP contribution in [-0.2, 0) is 14.3 Å². The molecule has 0 saturated heterocycles. The number of carboxylic acids is 1. The second-order valence-corrected chi connectivity index (χ2v) is 9.07. The lowest BCUT2D eigenvalue weighted by Crippen LogP contribution is -2.56. The van der Waals surface area contributed by atoms with E-state index in [-0.39, 0.29) is 18.4 Å². The maximum absolute atomic E-state index is 12.7. The fourth-order valence-electron chi connectivity index (χ4n) is 3.93. The van der Waals surface area contributed by atoms with Gasteiger partial charge >= 0.3 is 12.1 Å². The van der Waals surface area contributed by atoms with Crippen molar-refractivity contribution in [1.82, 2.24) is 10.6 Å². The Morgan fingerprint density at radius 3 is 2.03 bits per heavy atom. The molecule has 0 radical (unpaired) electrons. The molecule has 0 bridgehead atoms. The zero-order valence-electron chi connectivity index (χ0n) is 18.8. The van der Waals surface area contributed by atoms with Gasteiger partial charge in [-0.25, -0.2) is 9.59 Å². The summed E-state index contributed by atoms with van der Waals surface area (Å²) < 4.78 is 5.53. The molecular formula is C25H30N2O5. The zero-order chi connectivity index (χ0) is 23.5. The van der Waals surface area contributed by atoms with E-state index in [1.165, 1.54) is 13.8 Å². The van der Waals surface area contributed by atoms with Crippen LogP contribution in [0.5, 0.6) is 0 Å². The Labute approximate surface area is 188 Å². The van der Waals surface area contributed by atoms with Gasteiger partial charge in [0.15, 0.2) is 0 Å². The van der Waals surface area contributed by atoms with Crippen LogP contribution in [0.4, 0.5) is 4.79 Å². The Bertz CT molecular complexity index is 969. The highest BCUT2D eigenvalue weighted by Crippen LogP contribution is 2.44. The topological polar surface area (TPSA) is 105 Å². The molecule has 1 aliphatic rings. The molecule has 7 nitrogen and oxygen atoms in total. The monoisotopic (exact) mass is 438 g/mol. The molecule has 3 rings (SSSR count). The standard InChI is InChI=1S/C25H30N2O5/c1-15(2)13-21(22(28)27-25(3,4)23(29)30)26-24(31)32-14-20-18-11-7-5-9-16(18)17-10-6-8-12-19(17)20/h5-12,15,20-21H,13-14H2,1-4H3,(H,26,31)(H,27,28)(H,29,30)/t21-/m1/s1. The molecule has 2 aromatic rings. The number of hydrogen-bond donors (Lipinski definition) is 3. The summed E-state index contributed by atoms with van der Waals surface area (Å²) in [4.78, 5) is 36.6. The smallest absolute Gasteiger partial charge is 0.407 e. The molecule has 3 N–H and O–H groups in total. The Balaban J connectivity index is 1.68. The largest absolute Gasteiger partial charge is 0.480 e. The third-order valence-corrected chi connectivity index (χ3v) is 5.63. The van der Waals surface area contributed by atoms with E-state index in [0.717, 1.165) is 22.3 Å². The van der Waals surface area contributed by atoms with Crippen molar-refractivity contribution < 1.29 is 24.2 Å². The van der Waals surface area contributed by atoms with E-state index in [1.807, 2.05) is 50.2 Å². The van der Waals surface area contributed by atoms with Crippen molar-refractivity contribution in [1.29, 1.82) is 0 Å². The van der Waals surface area contributed by atoms with Crippen LogP contribution in [0.3, 0.4) is 0 Å². The summed E-state index contributed by atoms with van der Waals surface area (Å²) in [5.74, 6) is -1.70. The molecular weight excluding hydrogens is 408 g/mol. The Morgan fingerprint density at radius 1 is 1.00 bits per heavy atom. The Hall–Kier alpha value is -3.35. The molecule has 1 aliphatic carbocycles. The van der Waals surface area contributed by atoms with Gasteiger partial charge in [-0.05, 0) is 48.4 Å². The van der Waals surface area contributed by atoms with Crippen LogP contribution in [0.15, 0.2) is 48.5 Å². The first-order valence-electron chi connectivity index (χ1n) is 10.8. The van der Waals surface area contributed by atoms with Crippen LogP contribution in [0.1, 0.15) is 51.2 Å². The summed E-state index contributed by atoms with van der Waals surface area (Å²) in [6.07, 6.45) is -0.355. The average Bonchev–Trinajstić information content (AvgIpc) is 3.05. The maximum Gasteiger partial charge on any atom is 0.407 e. The summed E-state index contributed by atoms with van der Waals surface area (Å²) in [6, 6.07) is 15.2. The SMILES string of the molecule is CC(C)C[C@@H](NC(=O)OCC1c2ccccc2-c2ccccc21)C(=O)NC(C)(C)C(=O)O. The van der Waals surface area contributed by atoms with Crippen LogP contribution >= 0.6 is 0 Å². The number of carboxylic acid groups (broad SMARTS) is 1. The number of carbonyl (C=O) groups is 3. The van der Waals surface area contributed by atoms with Crippen molar-refractivity contribution >= 4 is 18.0 Å². The molecule has 170 valence electrons. The average molecular weight is 439 g/mol. The lowest BCUT2D eigenvalue weighted by molar-refractivity contribution is -0.146. The number of fused-ring (bicyclic) bond motifs is 3. The van der Waals surface area contributed by atoms with E-state index in [1.54, 1.807) is 0 Å². The summed E-state index contributed by atoms with van der Waals surface area (Å²) >= 11 is 0. The summed E-state index contributed by atoms with van der Waals surface area (Å²) in [5.41, 5.74) is 3.01. The van der Waals surface area contributed by atoms with Gasteiger partial charge in [0.1, 0.15) is 18.2 Å². The minimum absolute atomic E-state index is 0.0866. The van der Waals surface area contributed by atoms with Crippen LogP contribution in [0.25, 0.3) is 11.1 Å². The van der Waals surface area contributed by atoms with Crippen molar-refractivity contribution in [2.45, 2.75) is 51.6 Å². The number of aliphatic carboxylic acids is 1. The van der Waals surface area contributed by atoms with Crippen LogP contribution in [0, 0.1) is 5.92 Å². The predicted octanol–water partition coefficient (Wildman–Crippen LogP) is 3.92. The van der Waals surface area contributed by atoms with Crippen LogP contribution in [-0.4, -0.2) is 41.3 Å². The van der Waals surface area contributed by atoms with E-state index in [4.69, 9.17) is 4.74 Å². The number of rotatable bonds is 8. The molecule has 0 aliphatic heterocycles. The molecule has 2 aromatic carbocycles. The molecule has 32 heavy (non-hydrogen) atoms. The number of benzene rings is 2. The van der Waals surface area contributed by atoms with E-state index in [2.05, 4.69) is 22.8 Å². The minimum Gasteiger partial charge on any atom is -0.480 e. The summed E-state index contributed by atoms with van der Waals surface area (Å²) in [6.45, 7) is 6.76. The number of hydrogen-bond acceptors (Lipinski definition) is 4.